The second-order valence-corrected chi connectivity index (χ2v) is 5.78. The minimum absolute atomic E-state index is 0.0951. The van der Waals surface area contributed by atoms with E-state index in [-0.39, 0.29) is 5.02 Å². The van der Waals surface area contributed by atoms with Gasteiger partial charge in [0.25, 0.3) is 0 Å². The third-order valence-electron chi connectivity index (χ3n) is 2.90. The molecule has 0 radical (unpaired) electrons. The summed E-state index contributed by atoms with van der Waals surface area (Å²) in [5.74, 6) is 0.328. The Morgan fingerprint density at radius 1 is 1.30 bits per heavy atom. The van der Waals surface area contributed by atoms with Gasteiger partial charge in [-0.15, -0.1) is 0 Å². The van der Waals surface area contributed by atoms with Crippen LogP contribution < -0.4 is 10.5 Å². The molecular weight excluding hydrogens is 345 g/mol. The van der Waals surface area contributed by atoms with Crippen LogP contribution in [-0.2, 0) is 13.2 Å². The summed E-state index contributed by atoms with van der Waals surface area (Å²) in [5, 5.41) is 0.0951. The summed E-state index contributed by atoms with van der Waals surface area (Å²) in [6, 6.07) is 8.44. The second kappa shape index (κ2) is 6.57. The molecule has 0 atom stereocenters. The number of benzene rings is 2. The maximum Gasteiger partial charge on any atom is 0.141 e. The zero-order chi connectivity index (χ0) is 14.7. The van der Waals surface area contributed by atoms with Crippen LogP contribution in [0.25, 0.3) is 0 Å². The van der Waals surface area contributed by atoms with Gasteiger partial charge in [0.1, 0.15) is 18.2 Å². The van der Waals surface area contributed by atoms with Gasteiger partial charge in [-0.25, -0.2) is 4.39 Å². The third kappa shape index (κ3) is 3.51. The first-order valence-electron chi connectivity index (χ1n) is 6.07. The molecule has 2 N–H and O–H groups in total. The quantitative estimate of drug-likeness (QED) is 0.867. The Hall–Kier alpha value is -1.10. The fourth-order valence-corrected chi connectivity index (χ4v) is 2.77. The first-order chi connectivity index (χ1) is 9.51. The third-order valence-corrected chi connectivity index (χ3v) is 3.65. The van der Waals surface area contributed by atoms with E-state index in [1.165, 1.54) is 6.07 Å². The van der Waals surface area contributed by atoms with Crippen molar-refractivity contribution >= 4 is 27.5 Å². The topological polar surface area (TPSA) is 35.2 Å². The Bertz CT molecular complexity index is 634. The molecule has 2 aromatic rings. The van der Waals surface area contributed by atoms with E-state index in [9.17, 15) is 4.39 Å². The van der Waals surface area contributed by atoms with Crippen molar-refractivity contribution in [3.63, 3.8) is 0 Å². The van der Waals surface area contributed by atoms with Crippen molar-refractivity contribution in [3.8, 4) is 5.75 Å². The van der Waals surface area contributed by atoms with Crippen molar-refractivity contribution < 1.29 is 9.13 Å². The van der Waals surface area contributed by atoms with Gasteiger partial charge in [-0.1, -0.05) is 33.6 Å². The number of halogens is 3. The van der Waals surface area contributed by atoms with E-state index in [1.54, 1.807) is 12.1 Å². The molecule has 0 saturated heterocycles. The molecule has 2 aromatic carbocycles. The van der Waals surface area contributed by atoms with Crippen LogP contribution in [0.3, 0.4) is 0 Å². The van der Waals surface area contributed by atoms with E-state index in [2.05, 4.69) is 15.9 Å². The second-order valence-electron chi connectivity index (χ2n) is 4.45. The molecular formula is C15H14BrClFNO. The summed E-state index contributed by atoms with van der Waals surface area (Å²) in [6.45, 7) is 2.66. The lowest BCUT2D eigenvalue weighted by Gasteiger charge is -2.14. The number of hydrogen-bond acceptors (Lipinski definition) is 2. The smallest absolute Gasteiger partial charge is 0.141 e. The minimum atomic E-state index is -0.433. The summed E-state index contributed by atoms with van der Waals surface area (Å²) >= 11 is 9.18. The molecule has 0 amide bonds. The molecule has 0 saturated carbocycles. The average Bonchev–Trinajstić information content (AvgIpc) is 2.40. The number of rotatable bonds is 4. The van der Waals surface area contributed by atoms with Crippen LogP contribution in [0.1, 0.15) is 16.7 Å². The van der Waals surface area contributed by atoms with Crippen LogP contribution in [0.15, 0.2) is 34.8 Å². The van der Waals surface area contributed by atoms with E-state index < -0.39 is 5.82 Å². The lowest BCUT2D eigenvalue weighted by atomic mass is 10.1. The fourth-order valence-electron chi connectivity index (χ4n) is 1.94. The molecule has 2 rings (SSSR count). The highest BCUT2D eigenvalue weighted by atomic mass is 79.9. The van der Waals surface area contributed by atoms with Gasteiger partial charge in [-0.2, -0.15) is 0 Å². The van der Waals surface area contributed by atoms with Crippen molar-refractivity contribution in [1.29, 1.82) is 0 Å². The van der Waals surface area contributed by atoms with Crippen LogP contribution in [0, 0.1) is 12.7 Å². The number of ether oxygens (including phenoxy) is 1. The Morgan fingerprint density at radius 3 is 2.70 bits per heavy atom. The predicted molar refractivity (Wildman–Crippen MR) is 82.5 cm³/mol. The number of nitrogens with two attached hydrogens (primary N) is 1. The van der Waals surface area contributed by atoms with Gasteiger partial charge in [0.15, 0.2) is 0 Å². The minimum Gasteiger partial charge on any atom is -0.488 e. The largest absolute Gasteiger partial charge is 0.488 e. The molecule has 0 aliphatic heterocycles. The molecule has 2 nitrogen and oxygen atoms in total. The maximum atomic E-state index is 13.1. The molecule has 106 valence electrons. The first kappa shape index (κ1) is 15.3. The Kier molecular flexibility index (Phi) is 5.02. The van der Waals surface area contributed by atoms with E-state index >= 15 is 0 Å². The standard InChI is InChI=1S/C15H14BrClFNO/c1-9-4-12(16)6-11(7-19)15(9)20-8-10-2-3-14(18)13(17)5-10/h2-6H,7-8,19H2,1H3. The molecule has 0 aromatic heterocycles. The zero-order valence-corrected chi connectivity index (χ0v) is 13.3. The van der Waals surface area contributed by atoms with E-state index in [0.29, 0.717) is 13.2 Å². The summed E-state index contributed by atoms with van der Waals surface area (Å²) in [4.78, 5) is 0. The van der Waals surface area contributed by atoms with Gasteiger partial charge in [0.05, 0.1) is 5.02 Å². The molecule has 0 heterocycles. The average molecular weight is 359 g/mol. The van der Waals surface area contributed by atoms with Gasteiger partial charge in [-0.3, -0.25) is 0 Å². The van der Waals surface area contributed by atoms with E-state index in [4.69, 9.17) is 22.1 Å². The van der Waals surface area contributed by atoms with E-state index in [1.807, 2.05) is 19.1 Å². The normalized spacial score (nSPS) is 10.7. The van der Waals surface area contributed by atoms with Crippen LogP contribution >= 0.6 is 27.5 Å². The molecule has 0 bridgehead atoms. The fraction of sp³-hybridized carbons (Fsp3) is 0.200. The molecule has 0 unspecified atom stereocenters. The van der Waals surface area contributed by atoms with Crippen LogP contribution in [-0.4, -0.2) is 0 Å². The van der Waals surface area contributed by atoms with Crippen LogP contribution in [0.2, 0.25) is 5.02 Å². The van der Waals surface area contributed by atoms with Gasteiger partial charge < -0.3 is 10.5 Å². The molecule has 0 aliphatic carbocycles. The molecule has 0 spiro atoms. The maximum absolute atomic E-state index is 13.1. The predicted octanol–water partition coefficient (Wildman–Crippen LogP) is 4.59. The Labute approximate surface area is 130 Å². The van der Waals surface area contributed by atoms with Gasteiger partial charge >= 0.3 is 0 Å². The lowest BCUT2D eigenvalue weighted by Crippen LogP contribution is -2.04. The number of hydrogen-bond donors (Lipinski definition) is 1. The van der Waals surface area contributed by atoms with Crippen molar-refractivity contribution in [3.05, 3.63) is 62.3 Å². The first-order valence-corrected chi connectivity index (χ1v) is 7.24. The van der Waals surface area contributed by atoms with Crippen molar-refractivity contribution in [1.82, 2.24) is 0 Å². The molecule has 5 heteroatoms. The molecule has 20 heavy (non-hydrogen) atoms. The van der Waals surface area contributed by atoms with E-state index in [0.717, 1.165) is 26.9 Å². The highest BCUT2D eigenvalue weighted by molar-refractivity contribution is 9.10. The van der Waals surface area contributed by atoms with Gasteiger partial charge in [-0.05, 0) is 42.3 Å². The van der Waals surface area contributed by atoms with Crippen molar-refractivity contribution in [2.45, 2.75) is 20.1 Å². The zero-order valence-electron chi connectivity index (χ0n) is 10.9. The summed E-state index contributed by atoms with van der Waals surface area (Å²) in [5.41, 5.74) is 8.45. The summed E-state index contributed by atoms with van der Waals surface area (Å²) < 4.78 is 19.9. The van der Waals surface area contributed by atoms with Crippen molar-refractivity contribution in [2.24, 2.45) is 5.73 Å². The lowest BCUT2D eigenvalue weighted by molar-refractivity contribution is 0.300. The Morgan fingerprint density at radius 2 is 2.05 bits per heavy atom. The van der Waals surface area contributed by atoms with Crippen molar-refractivity contribution in [2.75, 3.05) is 0 Å². The highest BCUT2D eigenvalue weighted by Crippen LogP contribution is 2.28. The van der Waals surface area contributed by atoms with Crippen LogP contribution in [0.4, 0.5) is 4.39 Å². The highest BCUT2D eigenvalue weighted by Gasteiger charge is 2.09. The summed E-state index contributed by atoms with van der Waals surface area (Å²) in [6.07, 6.45) is 0. The molecule has 0 fully saturated rings. The van der Waals surface area contributed by atoms with Gasteiger partial charge in [0.2, 0.25) is 0 Å². The molecule has 0 aliphatic rings. The van der Waals surface area contributed by atoms with Gasteiger partial charge in [0, 0.05) is 16.6 Å². The SMILES string of the molecule is Cc1cc(Br)cc(CN)c1OCc1ccc(F)c(Cl)c1. The van der Waals surface area contributed by atoms with Crippen LogP contribution in [0.5, 0.6) is 5.75 Å². The summed E-state index contributed by atoms with van der Waals surface area (Å²) in [7, 11) is 0. The Balaban J connectivity index is 2.20. The monoisotopic (exact) mass is 357 g/mol. The number of aryl methyl sites for hydroxylation is 1.